The molecule has 3 aromatic rings. The van der Waals surface area contributed by atoms with Crippen LogP contribution in [0.15, 0.2) is 48.5 Å². The number of thiophene rings is 1. The molecule has 0 amide bonds. The Bertz CT molecular complexity index is 733. The molecule has 0 atom stereocenters. The smallest absolute Gasteiger partial charge is 0.0348 e. The second kappa shape index (κ2) is 5.04. The fraction of sp³-hybridized carbons (Fsp3) is 0.222. The highest BCUT2D eigenvalue weighted by Gasteiger charge is 2.13. The molecule has 1 N–H and O–H groups in total. The highest BCUT2D eigenvalue weighted by Crippen LogP contribution is 2.34. The number of benzene rings is 2. The summed E-state index contributed by atoms with van der Waals surface area (Å²) in [6.07, 6.45) is 2.34. The van der Waals surface area contributed by atoms with E-state index in [2.05, 4.69) is 53.8 Å². The molecule has 0 spiro atoms. The molecule has 2 aromatic carbocycles. The molecule has 0 radical (unpaired) electrons. The Balaban J connectivity index is 1.78. The van der Waals surface area contributed by atoms with E-state index in [1.54, 1.807) is 10.4 Å². The van der Waals surface area contributed by atoms with Crippen molar-refractivity contribution in [3.63, 3.8) is 0 Å². The van der Waals surface area contributed by atoms with Crippen molar-refractivity contribution in [3.8, 4) is 10.4 Å². The van der Waals surface area contributed by atoms with Gasteiger partial charge in [-0.25, -0.2) is 0 Å². The van der Waals surface area contributed by atoms with Gasteiger partial charge in [0.25, 0.3) is 0 Å². The number of rotatable bonds is 1. The predicted octanol–water partition coefficient (Wildman–Crippen LogP) is 4.26. The summed E-state index contributed by atoms with van der Waals surface area (Å²) in [5.74, 6) is 0. The molecule has 4 rings (SSSR count). The highest BCUT2D eigenvalue weighted by atomic mass is 32.1. The van der Waals surface area contributed by atoms with Crippen LogP contribution in [-0.2, 0) is 12.8 Å². The zero-order chi connectivity index (χ0) is 13.4. The molecule has 1 nitrogen and oxygen atoms in total. The Morgan fingerprint density at radius 3 is 2.65 bits per heavy atom. The third-order valence-corrected chi connectivity index (χ3v) is 5.32. The minimum atomic E-state index is 1.11. The number of nitrogens with one attached hydrogen (secondary N) is 1. The van der Waals surface area contributed by atoms with E-state index in [1.807, 2.05) is 11.3 Å². The second-order valence-corrected chi connectivity index (χ2v) is 6.51. The van der Waals surface area contributed by atoms with Gasteiger partial charge in [0, 0.05) is 9.75 Å². The van der Waals surface area contributed by atoms with Gasteiger partial charge in [-0.2, -0.15) is 0 Å². The zero-order valence-corrected chi connectivity index (χ0v) is 12.2. The van der Waals surface area contributed by atoms with E-state index in [9.17, 15) is 0 Å². The van der Waals surface area contributed by atoms with Crippen LogP contribution in [0, 0.1) is 0 Å². The third kappa shape index (κ3) is 2.15. The monoisotopic (exact) mass is 279 g/mol. The van der Waals surface area contributed by atoms with Crippen LogP contribution < -0.4 is 5.32 Å². The zero-order valence-electron chi connectivity index (χ0n) is 11.4. The molecule has 100 valence electrons. The van der Waals surface area contributed by atoms with Gasteiger partial charge in [0.1, 0.15) is 0 Å². The van der Waals surface area contributed by atoms with Crippen molar-refractivity contribution in [2.24, 2.45) is 0 Å². The average Bonchev–Trinajstić information content (AvgIpc) is 2.78. The van der Waals surface area contributed by atoms with Crippen LogP contribution in [-0.4, -0.2) is 13.1 Å². The maximum absolute atomic E-state index is 3.47. The van der Waals surface area contributed by atoms with E-state index in [4.69, 9.17) is 0 Å². The van der Waals surface area contributed by atoms with Crippen molar-refractivity contribution in [1.29, 1.82) is 0 Å². The molecule has 2 heterocycles. The lowest BCUT2D eigenvalue weighted by molar-refractivity contribution is 0.712. The van der Waals surface area contributed by atoms with Gasteiger partial charge in [-0.15, -0.1) is 11.3 Å². The molecule has 0 bridgehead atoms. The molecule has 20 heavy (non-hydrogen) atoms. The summed E-state index contributed by atoms with van der Waals surface area (Å²) in [7, 11) is 0. The molecule has 2 heteroatoms. The lowest BCUT2D eigenvalue weighted by Crippen LogP contribution is -2.16. The van der Waals surface area contributed by atoms with Crippen molar-refractivity contribution < 1.29 is 0 Å². The first-order valence-corrected chi connectivity index (χ1v) is 8.03. The molecule has 0 fully saturated rings. The van der Waals surface area contributed by atoms with Crippen LogP contribution in [0.2, 0.25) is 0 Å². The Morgan fingerprint density at radius 2 is 1.70 bits per heavy atom. The molecule has 1 aliphatic rings. The Morgan fingerprint density at radius 1 is 0.850 bits per heavy atom. The van der Waals surface area contributed by atoms with E-state index < -0.39 is 0 Å². The van der Waals surface area contributed by atoms with Crippen molar-refractivity contribution in [2.45, 2.75) is 12.8 Å². The normalized spacial score (nSPS) is 15.0. The second-order valence-electron chi connectivity index (χ2n) is 5.37. The fourth-order valence-electron chi connectivity index (χ4n) is 2.92. The summed E-state index contributed by atoms with van der Waals surface area (Å²) >= 11 is 1.97. The molecule has 0 saturated carbocycles. The summed E-state index contributed by atoms with van der Waals surface area (Å²) in [4.78, 5) is 2.99. The van der Waals surface area contributed by atoms with E-state index in [0.717, 1.165) is 13.1 Å². The largest absolute Gasteiger partial charge is 0.316 e. The molecular weight excluding hydrogens is 262 g/mol. The first kappa shape index (κ1) is 12.1. The quantitative estimate of drug-likeness (QED) is 0.702. The maximum Gasteiger partial charge on any atom is 0.0348 e. The van der Waals surface area contributed by atoms with Gasteiger partial charge >= 0.3 is 0 Å². The van der Waals surface area contributed by atoms with Crippen LogP contribution in [0.4, 0.5) is 0 Å². The third-order valence-electron chi connectivity index (χ3n) is 4.03. The highest BCUT2D eigenvalue weighted by molar-refractivity contribution is 7.15. The number of fused-ring (bicyclic) bond motifs is 2. The maximum atomic E-state index is 3.47. The number of hydrogen-bond donors (Lipinski definition) is 1. The van der Waals surface area contributed by atoms with Crippen LogP contribution in [0.1, 0.15) is 10.4 Å². The van der Waals surface area contributed by atoms with Crippen molar-refractivity contribution in [1.82, 2.24) is 5.32 Å². The van der Waals surface area contributed by atoms with Crippen LogP contribution in [0.25, 0.3) is 21.2 Å². The Hall–Kier alpha value is -1.64. The van der Waals surface area contributed by atoms with Crippen molar-refractivity contribution in [3.05, 3.63) is 59.0 Å². The summed E-state index contributed by atoms with van der Waals surface area (Å²) in [5, 5.41) is 6.12. The molecule has 0 unspecified atom stereocenters. The summed E-state index contributed by atoms with van der Waals surface area (Å²) in [6, 6.07) is 17.8. The van der Waals surface area contributed by atoms with Crippen LogP contribution in [0.5, 0.6) is 0 Å². The van der Waals surface area contributed by atoms with Crippen LogP contribution in [0.3, 0.4) is 0 Å². The van der Waals surface area contributed by atoms with Crippen LogP contribution >= 0.6 is 11.3 Å². The first-order valence-electron chi connectivity index (χ1n) is 7.22. The van der Waals surface area contributed by atoms with Gasteiger partial charge in [-0.1, -0.05) is 36.4 Å². The van der Waals surface area contributed by atoms with Gasteiger partial charge in [0.2, 0.25) is 0 Å². The lowest BCUT2D eigenvalue weighted by Gasteiger charge is -2.02. The van der Waals surface area contributed by atoms with Gasteiger partial charge < -0.3 is 5.32 Å². The fourth-order valence-corrected chi connectivity index (χ4v) is 4.13. The van der Waals surface area contributed by atoms with E-state index in [1.165, 1.54) is 34.1 Å². The summed E-state index contributed by atoms with van der Waals surface area (Å²) in [6.45, 7) is 2.23. The standard InChI is InChI=1S/C18H17NS/c1-2-4-14-11-15(6-5-13(14)3-1)18-12-16-7-9-19-10-8-17(16)20-18/h1-6,11-12,19H,7-10H2. The minimum absolute atomic E-state index is 1.11. The van der Waals surface area contributed by atoms with Gasteiger partial charge in [0.05, 0.1) is 0 Å². The Kier molecular flexibility index (Phi) is 3.06. The van der Waals surface area contributed by atoms with Crippen molar-refractivity contribution in [2.75, 3.05) is 13.1 Å². The minimum Gasteiger partial charge on any atom is -0.316 e. The van der Waals surface area contributed by atoms with E-state index in [-0.39, 0.29) is 0 Å². The summed E-state index contributed by atoms with van der Waals surface area (Å²) in [5.41, 5.74) is 2.90. The molecule has 1 aliphatic heterocycles. The lowest BCUT2D eigenvalue weighted by atomic mass is 10.1. The first-order chi connectivity index (χ1) is 9.90. The van der Waals surface area contributed by atoms with E-state index >= 15 is 0 Å². The molecule has 0 aliphatic carbocycles. The molecule has 1 aromatic heterocycles. The molecule has 0 saturated heterocycles. The van der Waals surface area contributed by atoms with Gasteiger partial charge in [-0.05, 0) is 60.0 Å². The Labute approximate surface area is 123 Å². The molecular formula is C18H17NS. The topological polar surface area (TPSA) is 12.0 Å². The number of hydrogen-bond acceptors (Lipinski definition) is 2. The van der Waals surface area contributed by atoms with Crippen molar-refractivity contribution >= 4 is 22.1 Å². The SMILES string of the molecule is c1ccc2cc(-c3cc4c(s3)CCNCC4)ccc2c1. The van der Waals surface area contributed by atoms with Gasteiger partial charge in [0.15, 0.2) is 0 Å². The average molecular weight is 279 g/mol. The summed E-state index contributed by atoms with van der Waals surface area (Å²) < 4.78 is 0. The predicted molar refractivity (Wildman–Crippen MR) is 87.5 cm³/mol. The van der Waals surface area contributed by atoms with Gasteiger partial charge in [-0.3, -0.25) is 0 Å². The van der Waals surface area contributed by atoms with E-state index in [0.29, 0.717) is 0 Å².